The molecule has 1 aliphatic rings. The third-order valence-corrected chi connectivity index (χ3v) is 4.87. The number of rotatable bonds is 5. The Labute approximate surface area is 139 Å². The van der Waals surface area contributed by atoms with Gasteiger partial charge in [-0.15, -0.1) is 11.8 Å². The Bertz CT molecular complexity index is 574. The fraction of sp³-hybridized carbons (Fsp3) is 0.500. The van der Waals surface area contributed by atoms with E-state index in [0.717, 1.165) is 5.75 Å². The minimum Gasteiger partial charge on any atom is -0.481 e. The Morgan fingerprint density at radius 1 is 1.30 bits per heavy atom. The van der Waals surface area contributed by atoms with E-state index in [4.69, 9.17) is 5.11 Å². The number of nitrogens with one attached hydrogen (secondary N) is 2. The summed E-state index contributed by atoms with van der Waals surface area (Å²) >= 11 is 1.46. The Kier molecular flexibility index (Phi) is 6.27. The van der Waals surface area contributed by atoms with Crippen LogP contribution in [-0.2, 0) is 4.79 Å². The van der Waals surface area contributed by atoms with Gasteiger partial charge in [-0.1, -0.05) is 13.0 Å². The molecule has 5 nitrogen and oxygen atoms in total. The quantitative estimate of drug-likeness (QED) is 0.714. The van der Waals surface area contributed by atoms with Crippen LogP contribution < -0.4 is 10.6 Å². The Morgan fingerprint density at radius 3 is 2.61 bits per heavy atom. The van der Waals surface area contributed by atoms with E-state index in [1.54, 1.807) is 12.1 Å². The minimum atomic E-state index is -0.777. The number of urea groups is 1. The first-order valence-electron chi connectivity index (χ1n) is 7.73. The summed E-state index contributed by atoms with van der Waals surface area (Å²) in [7, 11) is 0. The highest BCUT2D eigenvalue weighted by molar-refractivity contribution is 7.99. The fourth-order valence-corrected chi connectivity index (χ4v) is 3.50. The van der Waals surface area contributed by atoms with E-state index >= 15 is 0 Å². The maximum Gasteiger partial charge on any atom is 0.319 e. The van der Waals surface area contributed by atoms with Crippen molar-refractivity contribution < 1.29 is 19.1 Å². The van der Waals surface area contributed by atoms with Gasteiger partial charge < -0.3 is 15.7 Å². The molecule has 0 heterocycles. The number of para-hydroxylation sites is 1. The van der Waals surface area contributed by atoms with Crippen LogP contribution in [0.1, 0.15) is 32.6 Å². The normalized spacial score (nSPS) is 20.8. The molecule has 0 spiro atoms. The van der Waals surface area contributed by atoms with Gasteiger partial charge in [0.05, 0.1) is 11.6 Å². The van der Waals surface area contributed by atoms with E-state index in [1.165, 1.54) is 17.8 Å². The summed E-state index contributed by atoms with van der Waals surface area (Å²) in [6.45, 7) is 1.96. The van der Waals surface area contributed by atoms with Crippen molar-refractivity contribution in [2.45, 2.75) is 43.5 Å². The van der Waals surface area contributed by atoms with Gasteiger partial charge in [0.25, 0.3) is 0 Å². The predicted molar refractivity (Wildman–Crippen MR) is 88.3 cm³/mol. The molecule has 1 aromatic carbocycles. The van der Waals surface area contributed by atoms with Crippen LogP contribution in [0.3, 0.4) is 0 Å². The van der Waals surface area contributed by atoms with Crippen molar-refractivity contribution in [1.29, 1.82) is 0 Å². The molecule has 1 saturated carbocycles. The number of aliphatic carboxylic acids is 1. The van der Waals surface area contributed by atoms with Crippen LogP contribution in [0.2, 0.25) is 0 Å². The number of amides is 2. The first kappa shape index (κ1) is 17.6. The lowest BCUT2D eigenvalue weighted by atomic mass is 9.86. The number of halogens is 1. The summed E-state index contributed by atoms with van der Waals surface area (Å²) in [4.78, 5) is 23.7. The molecule has 0 aliphatic heterocycles. The molecule has 0 bridgehead atoms. The second-order valence-electron chi connectivity index (χ2n) is 5.53. The Balaban J connectivity index is 1.92. The minimum absolute atomic E-state index is 0.0698. The smallest absolute Gasteiger partial charge is 0.319 e. The van der Waals surface area contributed by atoms with Gasteiger partial charge >= 0.3 is 12.0 Å². The van der Waals surface area contributed by atoms with Crippen molar-refractivity contribution in [3.05, 3.63) is 24.0 Å². The maximum atomic E-state index is 13.9. The third kappa shape index (κ3) is 4.86. The van der Waals surface area contributed by atoms with Gasteiger partial charge in [0.1, 0.15) is 5.82 Å². The summed E-state index contributed by atoms with van der Waals surface area (Å²) in [6, 6.07) is 4.17. The Hall–Kier alpha value is -1.76. The zero-order valence-electron chi connectivity index (χ0n) is 13.0. The van der Waals surface area contributed by atoms with Crippen molar-refractivity contribution in [3.8, 4) is 0 Å². The zero-order chi connectivity index (χ0) is 16.8. The number of hydrogen-bond donors (Lipinski definition) is 3. The number of anilines is 1. The van der Waals surface area contributed by atoms with Crippen LogP contribution in [0.25, 0.3) is 0 Å². The number of carbonyl (C=O) groups is 2. The summed E-state index contributed by atoms with van der Waals surface area (Å²) in [6.07, 6.45) is 2.35. The summed E-state index contributed by atoms with van der Waals surface area (Å²) in [5, 5.41) is 14.4. The van der Waals surface area contributed by atoms with Gasteiger partial charge in [0, 0.05) is 10.9 Å². The maximum absolute atomic E-state index is 13.9. The highest BCUT2D eigenvalue weighted by Crippen LogP contribution is 2.29. The highest BCUT2D eigenvalue weighted by Gasteiger charge is 2.26. The number of carboxylic acids is 1. The lowest BCUT2D eigenvalue weighted by molar-refractivity contribution is -0.142. The molecular formula is C16H21FN2O3S. The largest absolute Gasteiger partial charge is 0.481 e. The van der Waals surface area contributed by atoms with E-state index in [2.05, 4.69) is 10.6 Å². The van der Waals surface area contributed by atoms with E-state index in [1.807, 2.05) is 6.92 Å². The molecule has 0 radical (unpaired) electrons. The van der Waals surface area contributed by atoms with Crippen LogP contribution in [0, 0.1) is 11.7 Å². The van der Waals surface area contributed by atoms with Crippen LogP contribution >= 0.6 is 11.8 Å². The second-order valence-corrected chi connectivity index (χ2v) is 6.84. The number of hydrogen-bond acceptors (Lipinski definition) is 3. The Morgan fingerprint density at radius 2 is 2.00 bits per heavy atom. The number of carbonyl (C=O) groups excluding carboxylic acids is 1. The SMILES string of the molecule is CCSc1cccc(F)c1NC(=O)NC1CCC(C(=O)O)CC1. The third-order valence-electron chi connectivity index (χ3n) is 3.93. The molecule has 1 aliphatic carbocycles. The summed E-state index contributed by atoms with van der Waals surface area (Å²) < 4.78 is 13.9. The average Bonchev–Trinajstić information content (AvgIpc) is 2.51. The monoisotopic (exact) mass is 340 g/mol. The predicted octanol–water partition coefficient (Wildman–Crippen LogP) is 3.70. The van der Waals surface area contributed by atoms with E-state index in [-0.39, 0.29) is 17.6 Å². The van der Waals surface area contributed by atoms with Crippen LogP contribution in [0.5, 0.6) is 0 Å². The van der Waals surface area contributed by atoms with Gasteiger partial charge in [-0.3, -0.25) is 4.79 Å². The molecule has 23 heavy (non-hydrogen) atoms. The van der Waals surface area contributed by atoms with Crippen LogP contribution in [0.15, 0.2) is 23.1 Å². The standard InChI is InChI=1S/C16H21FN2O3S/c1-2-23-13-5-3-4-12(17)14(13)19-16(22)18-11-8-6-10(7-9-11)15(20)21/h3-5,10-11H,2,6-9H2,1H3,(H,20,21)(H2,18,19,22). The number of thioether (sulfide) groups is 1. The van der Waals surface area contributed by atoms with Gasteiger partial charge in [-0.25, -0.2) is 9.18 Å². The molecule has 0 aromatic heterocycles. The number of carboxylic acid groups (broad SMARTS) is 1. The van der Waals surface area contributed by atoms with Gasteiger partial charge in [-0.2, -0.15) is 0 Å². The molecule has 1 fully saturated rings. The van der Waals surface area contributed by atoms with Crippen molar-refractivity contribution >= 4 is 29.4 Å². The molecule has 7 heteroatoms. The van der Waals surface area contributed by atoms with Crippen molar-refractivity contribution in [2.24, 2.45) is 5.92 Å². The van der Waals surface area contributed by atoms with Gasteiger partial charge in [0.15, 0.2) is 0 Å². The lowest BCUT2D eigenvalue weighted by Crippen LogP contribution is -2.41. The van der Waals surface area contributed by atoms with Crippen LogP contribution in [0.4, 0.5) is 14.9 Å². The molecule has 0 saturated heterocycles. The molecule has 0 atom stereocenters. The van der Waals surface area contributed by atoms with Gasteiger partial charge in [-0.05, 0) is 43.6 Å². The second kappa shape index (κ2) is 8.19. The molecule has 2 amide bonds. The topological polar surface area (TPSA) is 78.4 Å². The zero-order valence-corrected chi connectivity index (χ0v) is 13.8. The highest BCUT2D eigenvalue weighted by atomic mass is 32.2. The van der Waals surface area contributed by atoms with E-state index < -0.39 is 17.8 Å². The van der Waals surface area contributed by atoms with Crippen molar-refractivity contribution in [3.63, 3.8) is 0 Å². The lowest BCUT2D eigenvalue weighted by Gasteiger charge is -2.27. The fourth-order valence-electron chi connectivity index (χ4n) is 2.72. The molecule has 3 N–H and O–H groups in total. The summed E-state index contributed by atoms with van der Waals surface area (Å²) in [5.41, 5.74) is 0.191. The van der Waals surface area contributed by atoms with E-state index in [9.17, 15) is 14.0 Å². The molecule has 126 valence electrons. The van der Waals surface area contributed by atoms with E-state index in [0.29, 0.717) is 30.6 Å². The molecule has 2 rings (SSSR count). The molecule has 0 unspecified atom stereocenters. The first-order valence-corrected chi connectivity index (χ1v) is 8.71. The van der Waals surface area contributed by atoms with Gasteiger partial charge in [0.2, 0.25) is 0 Å². The number of benzene rings is 1. The first-order chi connectivity index (χ1) is 11.0. The van der Waals surface area contributed by atoms with Crippen molar-refractivity contribution in [2.75, 3.05) is 11.1 Å². The average molecular weight is 340 g/mol. The molecule has 1 aromatic rings. The van der Waals surface area contributed by atoms with Crippen LogP contribution in [-0.4, -0.2) is 28.9 Å². The van der Waals surface area contributed by atoms with Crippen molar-refractivity contribution in [1.82, 2.24) is 5.32 Å². The molecular weight excluding hydrogens is 319 g/mol. The summed E-state index contributed by atoms with van der Waals surface area (Å²) in [5.74, 6) is -0.789.